The molecule has 1 fully saturated rings. The summed E-state index contributed by atoms with van der Waals surface area (Å²) < 4.78 is 39.5. The van der Waals surface area contributed by atoms with E-state index >= 15 is 0 Å². The summed E-state index contributed by atoms with van der Waals surface area (Å²) in [5.41, 5.74) is 2.29. The summed E-state index contributed by atoms with van der Waals surface area (Å²) in [7, 11) is 0. The summed E-state index contributed by atoms with van der Waals surface area (Å²) in [4.78, 5) is 30.9. The van der Waals surface area contributed by atoms with Crippen molar-refractivity contribution in [2.75, 3.05) is 13.1 Å². The van der Waals surface area contributed by atoms with Crippen LogP contribution < -0.4 is 10.9 Å². The highest BCUT2D eigenvalue weighted by Crippen LogP contribution is 2.43. The molecule has 2 heterocycles. The van der Waals surface area contributed by atoms with Crippen molar-refractivity contribution < 1.29 is 23.1 Å². The van der Waals surface area contributed by atoms with Crippen LogP contribution in [0.5, 0.6) is 0 Å². The number of aromatic nitrogens is 1. The molecular formula is C32H28F3N3O3. The van der Waals surface area contributed by atoms with E-state index in [-0.39, 0.29) is 30.0 Å². The van der Waals surface area contributed by atoms with Crippen LogP contribution in [0.3, 0.4) is 0 Å². The first-order valence-corrected chi connectivity index (χ1v) is 13.5. The number of pyridine rings is 1. The minimum absolute atomic E-state index is 0.00757. The van der Waals surface area contributed by atoms with E-state index in [0.29, 0.717) is 25.3 Å². The fourth-order valence-electron chi connectivity index (χ4n) is 5.90. The minimum atomic E-state index is -4.48. The summed E-state index contributed by atoms with van der Waals surface area (Å²) in [6, 6.07) is 23.4. The van der Waals surface area contributed by atoms with E-state index in [4.69, 9.17) is 0 Å². The van der Waals surface area contributed by atoms with E-state index in [0.717, 1.165) is 34.4 Å². The smallest absolute Gasteiger partial charge is 0.385 e. The fraction of sp³-hybridized carbons (Fsp3) is 0.250. The van der Waals surface area contributed by atoms with Crippen LogP contribution in [0.1, 0.15) is 57.2 Å². The van der Waals surface area contributed by atoms with Crippen LogP contribution in [0.2, 0.25) is 0 Å². The maximum absolute atomic E-state index is 13.2. The van der Waals surface area contributed by atoms with Gasteiger partial charge in [0, 0.05) is 25.3 Å². The van der Waals surface area contributed by atoms with E-state index < -0.39 is 28.8 Å². The Morgan fingerprint density at radius 1 is 0.927 bits per heavy atom. The zero-order valence-electron chi connectivity index (χ0n) is 22.0. The maximum Gasteiger partial charge on any atom is 0.416 e. The molecule has 0 radical (unpaired) electrons. The Bertz CT molecular complexity index is 1630. The molecule has 0 atom stereocenters. The number of aliphatic hydroxyl groups is 1. The van der Waals surface area contributed by atoms with Gasteiger partial charge in [-0.05, 0) is 64.9 Å². The molecule has 0 bridgehead atoms. The number of carbonyl (C=O) groups excluding carboxylic acids is 1. The second kappa shape index (κ2) is 10.3. The van der Waals surface area contributed by atoms with Crippen molar-refractivity contribution in [2.45, 2.75) is 37.2 Å². The van der Waals surface area contributed by atoms with Gasteiger partial charge in [-0.1, -0.05) is 60.7 Å². The molecule has 3 aromatic carbocycles. The molecule has 1 amide bonds. The molecule has 6 nitrogen and oxygen atoms in total. The SMILES string of the molecule is O=C(NC1c2ccccc2-c2ccccc21)c1ccc(CN2CCC(O)(c3cccc(C(F)(F)F)c3)CC2)[nH]c1=O. The van der Waals surface area contributed by atoms with Crippen LogP contribution in [0.25, 0.3) is 11.1 Å². The Morgan fingerprint density at radius 2 is 1.56 bits per heavy atom. The van der Waals surface area contributed by atoms with Crippen molar-refractivity contribution in [3.8, 4) is 11.1 Å². The Hall–Kier alpha value is -4.21. The number of rotatable bonds is 5. The summed E-state index contributed by atoms with van der Waals surface area (Å²) in [6.45, 7) is 1.23. The molecule has 4 aromatic rings. The number of aromatic amines is 1. The normalized spacial score (nSPS) is 16.7. The lowest BCUT2D eigenvalue weighted by Gasteiger charge is -2.38. The Kier molecular flexibility index (Phi) is 6.79. The zero-order chi connectivity index (χ0) is 28.8. The average molecular weight is 560 g/mol. The van der Waals surface area contributed by atoms with Crippen LogP contribution >= 0.6 is 0 Å². The van der Waals surface area contributed by atoms with E-state index in [2.05, 4.69) is 10.3 Å². The second-order valence-corrected chi connectivity index (χ2v) is 10.7. The molecule has 210 valence electrons. The number of alkyl halides is 3. The van der Waals surface area contributed by atoms with Crippen LogP contribution in [0.15, 0.2) is 89.7 Å². The summed E-state index contributed by atoms with van der Waals surface area (Å²) in [5.74, 6) is -0.474. The number of H-pyrrole nitrogens is 1. The molecule has 1 aliphatic heterocycles. The zero-order valence-corrected chi connectivity index (χ0v) is 22.0. The Morgan fingerprint density at radius 3 is 2.17 bits per heavy atom. The summed E-state index contributed by atoms with van der Waals surface area (Å²) in [5, 5.41) is 14.1. The number of nitrogens with zero attached hydrogens (tertiary/aromatic N) is 1. The number of piperidine rings is 1. The number of amides is 1. The third-order valence-corrected chi connectivity index (χ3v) is 8.13. The predicted molar refractivity (Wildman–Crippen MR) is 148 cm³/mol. The number of benzene rings is 3. The lowest BCUT2D eigenvalue weighted by molar-refractivity contribution is -0.137. The first-order valence-electron chi connectivity index (χ1n) is 13.5. The van der Waals surface area contributed by atoms with Crippen molar-refractivity contribution in [2.24, 2.45) is 0 Å². The highest BCUT2D eigenvalue weighted by atomic mass is 19.4. The highest BCUT2D eigenvalue weighted by Gasteiger charge is 2.37. The molecule has 3 N–H and O–H groups in total. The average Bonchev–Trinajstić information content (AvgIpc) is 3.27. The minimum Gasteiger partial charge on any atom is -0.385 e. The third kappa shape index (κ3) is 5.18. The number of halogens is 3. The van der Waals surface area contributed by atoms with Gasteiger partial charge in [-0.15, -0.1) is 0 Å². The van der Waals surface area contributed by atoms with Gasteiger partial charge >= 0.3 is 6.18 Å². The highest BCUT2D eigenvalue weighted by molar-refractivity contribution is 5.95. The molecule has 0 unspecified atom stereocenters. The lowest BCUT2D eigenvalue weighted by atomic mass is 9.83. The van der Waals surface area contributed by atoms with Crippen LogP contribution in [0.4, 0.5) is 13.2 Å². The van der Waals surface area contributed by atoms with E-state index in [1.165, 1.54) is 18.2 Å². The summed E-state index contributed by atoms with van der Waals surface area (Å²) >= 11 is 0. The second-order valence-electron chi connectivity index (χ2n) is 10.7. The quantitative estimate of drug-likeness (QED) is 0.307. The van der Waals surface area contributed by atoms with Crippen molar-refractivity contribution in [1.29, 1.82) is 0 Å². The lowest BCUT2D eigenvalue weighted by Crippen LogP contribution is -2.42. The van der Waals surface area contributed by atoms with Gasteiger partial charge in [-0.3, -0.25) is 14.5 Å². The van der Waals surface area contributed by atoms with Gasteiger partial charge in [0.25, 0.3) is 11.5 Å². The largest absolute Gasteiger partial charge is 0.416 e. The topological polar surface area (TPSA) is 85.4 Å². The van der Waals surface area contributed by atoms with Crippen molar-refractivity contribution in [1.82, 2.24) is 15.2 Å². The Balaban J connectivity index is 1.12. The van der Waals surface area contributed by atoms with E-state index in [9.17, 15) is 27.9 Å². The maximum atomic E-state index is 13.2. The molecule has 9 heteroatoms. The first-order chi connectivity index (χ1) is 19.6. The van der Waals surface area contributed by atoms with Gasteiger partial charge < -0.3 is 15.4 Å². The van der Waals surface area contributed by atoms with Crippen LogP contribution in [-0.4, -0.2) is 34.0 Å². The van der Waals surface area contributed by atoms with Crippen LogP contribution in [-0.2, 0) is 18.3 Å². The van der Waals surface area contributed by atoms with E-state index in [1.807, 2.05) is 53.4 Å². The van der Waals surface area contributed by atoms with Gasteiger partial charge in [0.15, 0.2) is 0 Å². The van der Waals surface area contributed by atoms with Gasteiger partial charge in [0.05, 0.1) is 17.2 Å². The van der Waals surface area contributed by atoms with Crippen molar-refractivity contribution in [3.63, 3.8) is 0 Å². The Labute approximate surface area is 234 Å². The molecule has 41 heavy (non-hydrogen) atoms. The molecule has 1 aliphatic carbocycles. The number of carbonyl (C=O) groups is 1. The third-order valence-electron chi connectivity index (χ3n) is 8.13. The number of likely N-dealkylation sites (tertiary alicyclic amines) is 1. The van der Waals surface area contributed by atoms with Crippen LogP contribution in [0, 0.1) is 0 Å². The fourth-order valence-corrected chi connectivity index (χ4v) is 5.90. The van der Waals surface area contributed by atoms with E-state index in [1.54, 1.807) is 6.07 Å². The van der Waals surface area contributed by atoms with Gasteiger partial charge in [0.2, 0.25) is 0 Å². The number of fused-ring (bicyclic) bond motifs is 3. The predicted octanol–water partition coefficient (Wildman–Crippen LogP) is 5.38. The molecule has 0 spiro atoms. The first kappa shape index (κ1) is 27.0. The van der Waals surface area contributed by atoms with Crippen molar-refractivity contribution >= 4 is 5.91 Å². The number of nitrogens with one attached hydrogen (secondary N) is 2. The molecule has 0 saturated carbocycles. The van der Waals surface area contributed by atoms with Gasteiger partial charge in [-0.25, -0.2) is 0 Å². The molecule has 6 rings (SSSR count). The van der Waals surface area contributed by atoms with Gasteiger partial charge in [0.1, 0.15) is 5.56 Å². The standard InChI is InChI=1S/C32H28F3N3O3/c33-32(34,35)21-7-5-6-20(18-21)31(41)14-16-38(17-15-31)19-22-12-13-27(29(39)36-22)30(40)37-28-25-10-3-1-8-23(25)24-9-2-4-11-26(24)28/h1-13,18,28,41H,14-17,19H2,(H,36,39)(H,37,40). The molecule has 1 aromatic heterocycles. The van der Waals surface area contributed by atoms with Crippen molar-refractivity contribution in [3.05, 3.63) is 129 Å². The monoisotopic (exact) mass is 559 g/mol. The molecule has 1 saturated heterocycles. The number of hydrogen-bond donors (Lipinski definition) is 3. The summed E-state index contributed by atoms with van der Waals surface area (Å²) in [6.07, 6.45) is -3.97. The van der Waals surface area contributed by atoms with Gasteiger partial charge in [-0.2, -0.15) is 13.2 Å². The number of hydrogen-bond acceptors (Lipinski definition) is 4. The molecule has 2 aliphatic rings. The molecular weight excluding hydrogens is 531 g/mol.